The lowest BCUT2D eigenvalue weighted by Crippen LogP contribution is -2.39. The molecule has 1 heterocycles. The molecular weight excluding hydrogens is 250 g/mol. The maximum absolute atomic E-state index is 12.6. The van der Waals surface area contributed by atoms with Gasteiger partial charge < -0.3 is 10.6 Å². The van der Waals surface area contributed by atoms with E-state index in [9.17, 15) is 4.79 Å². The molecule has 104 valence electrons. The van der Waals surface area contributed by atoms with Crippen LogP contribution in [0.2, 0.25) is 0 Å². The summed E-state index contributed by atoms with van der Waals surface area (Å²) in [6, 6.07) is 7.50. The van der Waals surface area contributed by atoms with Crippen LogP contribution >= 0.6 is 0 Å². The van der Waals surface area contributed by atoms with Gasteiger partial charge in [0, 0.05) is 6.54 Å². The number of amides is 1. The first kappa shape index (κ1) is 13.0. The third-order valence-corrected chi connectivity index (χ3v) is 4.56. The van der Waals surface area contributed by atoms with Gasteiger partial charge in [-0.25, -0.2) is 0 Å². The normalized spacial score (nSPS) is 20.9. The van der Waals surface area contributed by atoms with Crippen LogP contribution in [0, 0.1) is 16.7 Å². The summed E-state index contributed by atoms with van der Waals surface area (Å²) in [5, 5.41) is 15.4. The highest BCUT2D eigenvalue weighted by Gasteiger charge is 2.40. The smallest absolute Gasteiger partial charge is 0.232 e. The predicted molar refractivity (Wildman–Crippen MR) is 78.4 cm³/mol. The van der Waals surface area contributed by atoms with Gasteiger partial charge in [-0.2, -0.15) is 5.26 Å². The van der Waals surface area contributed by atoms with E-state index in [0.717, 1.165) is 37.1 Å². The second-order valence-corrected chi connectivity index (χ2v) is 5.87. The van der Waals surface area contributed by atoms with Gasteiger partial charge >= 0.3 is 0 Å². The lowest BCUT2D eigenvalue weighted by molar-refractivity contribution is -0.125. The number of hydrogen-bond acceptors (Lipinski definition) is 3. The molecule has 2 N–H and O–H groups in total. The molecule has 3 rings (SSSR count). The van der Waals surface area contributed by atoms with Crippen LogP contribution in [-0.2, 0) is 4.79 Å². The number of nitrogens with one attached hydrogen (secondary N) is 2. The predicted octanol–water partition coefficient (Wildman–Crippen LogP) is 3.26. The zero-order chi connectivity index (χ0) is 14.0. The summed E-state index contributed by atoms with van der Waals surface area (Å²) in [6.45, 7) is 0.667. The van der Waals surface area contributed by atoms with E-state index in [1.807, 2.05) is 12.1 Å². The van der Waals surface area contributed by atoms with Gasteiger partial charge in [0.15, 0.2) is 0 Å². The first-order valence-corrected chi connectivity index (χ1v) is 7.33. The van der Waals surface area contributed by atoms with Crippen LogP contribution in [0.5, 0.6) is 0 Å². The molecule has 1 spiro atoms. The molecule has 1 aromatic carbocycles. The molecule has 0 unspecified atom stereocenters. The van der Waals surface area contributed by atoms with Crippen molar-refractivity contribution in [3.05, 3.63) is 23.8 Å². The minimum Gasteiger partial charge on any atom is -0.382 e. The topological polar surface area (TPSA) is 64.9 Å². The summed E-state index contributed by atoms with van der Waals surface area (Å²) >= 11 is 0. The molecule has 1 amide bonds. The molecule has 4 nitrogen and oxygen atoms in total. The third-order valence-electron chi connectivity index (χ3n) is 4.56. The molecule has 0 saturated heterocycles. The summed E-state index contributed by atoms with van der Waals surface area (Å²) in [5.41, 5.74) is 1.97. The van der Waals surface area contributed by atoms with Gasteiger partial charge in [-0.3, -0.25) is 4.79 Å². The van der Waals surface area contributed by atoms with Crippen LogP contribution < -0.4 is 10.6 Å². The van der Waals surface area contributed by atoms with E-state index < -0.39 is 0 Å². The van der Waals surface area contributed by atoms with Crippen LogP contribution in [0.15, 0.2) is 18.2 Å². The summed E-state index contributed by atoms with van der Waals surface area (Å²) in [6.07, 6.45) is 6.58. The van der Waals surface area contributed by atoms with Gasteiger partial charge in [0.1, 0.15) is 0 Å². The van der Waals surface area contributed by atoms with Crippen molar-refractivity contribution in [3.8, 4) is 6.07 Å². The first-order valence-electron chi connectivity index (χ1n) is 7.33. The van der Waals surface area contributed by atoms with Crippen LogP contribution in [0.4, 0.5) is 11.4 Å². The molecular formula is C16H19N3O. The van der Waals surface area contributed by atoms with Crippen molar-refractivity contribution in [2.45, 2.75) is 38.5 Å². The highest BCUT2D eigenvalue weighted by molar-refractivity contribution is 6.00. The van der Waals surface area contributed by atoms with E-state index in [-0.39, 0.29) is 11.3 Å². The SMILES string of the molecule is N#Cc1ccc2c(c1)NCC1(CCCCCC1)C(=O)N2. The minimum atomic E-state index is -0.289. The van der Waals surface area contributed by atoms with Crippen molar-refractivity contribution in [1.82, 2.24) is 0 Å². The number of nitriles is 1. The zero-order valence-corrected chi connectivity index (χ0v) is 11.5. The minimum absolute atomic E-state index is 0.135. The Kier molecular flexibility index (Phi) is 3.35. The molecule has 1 fully saturated rings. The molecule has 0 radical (unpaired) electrons. The Hall–Kier alpha value is -2.02. The average molecular weight is 269 g/mol. The molecule has 1 aliphatic carbocycles. The van der Waals surface area contributed by atoms with Gasteiger partial charge in [0.25, 0.3) is 0 Å². The maximum Gasteiger partial charge on any atom is 0.232 e. The van der Waals surface area contributed by atoms with E-state index in [1.165, 1.54) is 12.8 Å². The number of rotatable bonds is 0. The van der Waals surface area contributed by atoms with Crippen molar-refractivity contribution in [1.29, 1.82) is 5.26 Å². The van der Waals surface area contributed by atoms with Crippen LogP contribution in [0.3, 0.4) is 0 Å². The van der Waals surface area contributed by atoms with E-state index >= 15 is 0 Å². The van der Waals surface area contributed by atoms with Crippen LogP contribution in [0.25, 0.3) is 0 Å². The Morgan fingerprint density at radius 1 is 1.10 bits per heavy atom. The van der Waals surface area contributed by atoms with E-state index in [2.05, 4.69) is 16.7 Å². The summed E-state index contributed by atoms with van der Waals surface area (Å²) < 4.78 is 0. The molecule has 0 aromatic heterocycles. The Balaban J connectivity index is 1.91. The van der Waals surface area contributed by atoms with E-state index in [0.29, 0.717) is 12.1 Å². The standard InChI is InChI=1S/C16H19N3O/c17-10-12-5-6-13-14(9-12)18-11-16(15(20)19-13)7-3-1-2-4-8-16/h5-6,9,18H,1-4,7-8,11H2,(H,19,20). The number of nitrogens with zero attached hydrogens (tertiary/aromatic N) is 1. The monoisotopic (exact) mass is 269 g/mol. The molecule has 1 saturated carbocycles. The van der Waals surface area contributed by atoms with Gasteiger partial charge in [-0.15, -0.1) is 0 Å². The second kappa shape index (κ2) is 5.16. The van der Waals surface area contributed by atoms with Crippen molar-refractivity contribution < 1.29 is 4.79 Å². The summed E-state index contributed by atoms with van der Waals surface area (Å²) in [4.78, 5) is 12.6. The van der Waals surface area contributed by atoms with Gasteiger partial charge in [0.2, 0.25) is 5.91 Å². The van der Waals surface area contributed by atoms with Crippen LogP contribution in [0.1, 0.15) is 44.1 Å². The molecule has 2 aliphatic rings. The molecule has 0 bridgehead atoms. The molecule has 20 heavy (non-hydrogen) atoms. The number of benzene rings is 1. The largest absolute Gasteiger partial charge is 0.382 e. The average Bonchev–Trinajstić information content (AvgIpc) is 2.78. The van der Waals surface area contributed by atoms with E-state index in [1.54, 1.807) is 6.07 Å². The number of carbonyl (C=O) groups is 1. The fraction of sp³-hybridized carbons (Fsp3) is 0.500. The Morgan fingerprint density at radius 3 is 2.55 bits per heavy atom. The fourth-order valence-electron chi connectivity index (χ4n) is 3.28. The number of carbonyl (C=O) groups excluding carboxylic acids is 1. The van der Waals surface area contributed by atoms with Crippen molar-refractivity contribution in [3.63, 3.8) is 0 Å². The lowest BCUT2D eigenvalue weighted by Gasteiger charge is -2.29. The Morgan fingerprint density at radius 2 is 1.85 bits per heavy atom. The van der Waals surface area contributed by atoms with Gasteiger partial charge in [-0.1, -0.05) is 25.7 Å². The van der Waals surface area contributed by atoms with Crippen molar-refractivity contribution >= 4 is 17.3 Å². The molecule has 1 aromatic rings. The molecule has 1 aliphatic heterocycles. The first-order chi connectivity index (χ1) is 9.73. The highest BCUT2D eigenvalue weighted by Crippen LogP contribution is 2.39. The summed E-state index contributed by atoms with van der Waals surface area (Å²) in [7, 11) is 0. The van der Waals surface area contributed by atoms with Gasteiger partial charge in [0.05, 0.1) is 28.4 Å². The fourth-order valence-corrected chi connectivity index (χ4v) is 3.28. The Bertz CT molecular complexity index is 566. The van der Waals surface area contributed by atoms with Crippen molar-refractivity contribution in [2.75, 3.05) is 17.2 Å². The molecule has 4 heteroatoms. The van der Waals surface area contributed by atoms with Crippen LogP contribution in [-0.4, -0.2) is 12.5 Å². The van der Waals surface area contributed by atoms with E-state index in [4.69, 9.17) is 5.26 Å². The number of hydrogen-bond donors (Lipinski definition) is 2. The zero-order valence-electron chi connectivity index (χ0n) is 11.5. The number of fused-ring (bicyclic) bond motifs is 1. The molecule has 0 atom stereocenters. The lowest BCUT2D eigenvalue weighted by atomic mass is 9.79. The van der Waals surface area contributed by atoms with Gasteiger partial charge in [-0.05, 0) is 31.0 Å². The maximum atomic E-state index is 12.6. The highest BCUT2D eigenvalue weighted by atomic mass is 16.2. The second-order valence-electron chi connectivity index (χ2n) is 5.87. The Labute approximate surface area is 119 Å². The van der Waals surface area contributed by atoms with Crippen molar-refractivity contribution in [2.24, 2.45) is 5.41 Å². The third kappa shape index (κ3) is 2.24. The summed E-state index contributed by atoms with van der Waals surface area (Å²) in [5.74, 6) is 0.135. The quantitative estimate of drug-likeness (QED) is 0.759. The number of anilines is 2.